The van der Waals surface area contributed by atoms with Crippen molar-refractivity contribution < 1.29 is 9.59 Å². The van der Waals surface area contributed by atoms with Gasteiger partial charge in [-0.2, -0.15) is 0 Å². The van der Waals surface area contributed by atoms with Crippen LogP contribution in [0.1, 0.15) is 33.1 Å². The molecule has 2 amide bonds. The van der Waals surface area contributed by atoms with E-state index in [4.69, 9.17) is 0 Å². The third-order valence-electron chi connectivity index (χ3n) is 4.05. The number of rotatable bonds is 3. The zero-order valence-electron chi connectivity index (χ0n) is 11.6. The van der Waals surface area contributed by atoms with Crippen molar-refractivity contribution in [2.75, 3.05) is 19.6 Å². The number of likely N-dealkylation sites (tertiary alicyclic amines) is 1. The minimum Gasteiger partial charge on any atom is -0.350 e. The van der Waals surface area contributed by atoms with E-state index in [1.807, 2.05) is 0 Å². The molecule has 2 aliphatic rings. The van der Waals surface area contributed by atoms with E-state index in [0.29, 0.717) is 18.4 Å². The third kappa shape index (κ3) is 4.08. The molecule has 0 spiro atoms. The van der Waals surface area contributed by atoms with Gasteiger partial charge in [0.1, 0.15) is 0 Å². The first-order valence-electron chi connectivity index (χ1n) is 6.88. The molecule has 0 saturated carbocycles. The maximum Gasteiger partial charge on any atom is 0.239 e. The molecule has 2 heterocycles. The smallest absolute Gasteiger partial charge is 0.239 e. The summed E-state index contributed by atoms with van der Waals surface area (Å²) in [4.78, 5) is 25.1. The van der Waals surface area contributed by atoms with Gasteiger partial charge < -0.3 is 15.5 Å². The summed E-state index contributed by atoms with van der Waals surface area (Å²) in [5, 5.41) is 6.45. The second-order valence-electron chi connectivity index (χ2n) is 5.52. The van der Waals surface area contributed by atoms with Crippen molar-refractivity contribution >= 4 is 24.2 Å². The summed E-state index contributed by atoms with van der Waals surface area (Å²) in [5.41, 5.74) is 0. The van der Waals surface area contributed by atoms with Gasteiger partial charge in [0.05, 0.1) is 6.54 Å². The van der Waals surface area contributed by atoms with Gasteiger partial charge in [0.25, 0.3) is 0 Å². The first-order valence-corrected chi connectivity index (χ1v) is 6.88. The fourth-order valence-electron chi connectivity index (χ4n) is 2.88. The number of hydrogen-bond acceptors (Lipinski definition) is 3. The molecule has 5 nitrogen and oxygen atoms in total. The summed E-state index contributed by atoms with van der Waals surface area (Å²) in [7, 11) is 0. The summed E-state index contributed by atoms with van der Waals surface area (Å²) in [5.74, 6) is 0.560. The lowest BCUT2D eigenvalue weighted by Gasteiger charge is -2.36. The van der Waals surface area contributed by atoms with Crippen LogP contribution in [0.3, 0.4) is 0 Å². The van der Waals surface area contributed by atoms with Gasteiger partial charge in [-0.25, -0.2) is 0 Å². The molecule has 2 N–H and O–H groups in total. The lowest BCUT2D eigenvalue weighted by atomic mass is 9.89. The Kier molecular flexibility index (Phi) is 6.07. The van der Waals surface area contributed by atoms with Crippen molar-refractivity contribution in [2.24, 2.45) is 5.92 Å². The van der Waals surface area contributed by atoms with Crippen molar-refractivity contribution in [1.82, 2.24) is 15.5 Å². The molecule has 3 atom stereocenters. The highest BCUT2D eigenvalue weighted by molar-refractivity contribution is 5.86. The Labute approximate surface area is 120 Å². The highest BCUT2D eigenvalue weighted by Crippen LogP contribution is 2.16. The van der Waals surface area contributed by atoms with Crippen molar-refractivity contribution in [2.45, 2.75) is 45.2 Å². The van der Waals surface area contributed by atoms with Crippen LogP contribution in [-0.4, -0.2) is 48.4 Å². The lowest BCUT2D eigenvalue weighted by molar-refractivity contribution is -0.133. The predicted molar refractivity (Wildman–Crippen MR) is 76.2 cm³/mol. The van der Waals surface area contributed by atoms with Gasteiger partial charge in [0.2, 0.25) is 11.8 Å². The minimum atomic E-state index is -0.0300. The average Bonchev–Trinajstić information content (AvgIpc) is 2.70. The summed E-state index contributed by atoms with van der Waals surface area (Å²) >= 11 is 0. The van der Waals surface area contributed by atoms with E-state index in [1.54, 1.807) is 4.90 Å². The quantitative estimate of drug-likeness (QED) is 0.797. The van der Waals surface area contributed by atoms with Gasteiger partial charge in [-0.1, -0.05) is 6.92 Å². The normalized spacial score (nSPS) is 30.9. The van der Waals surface area contributed by atoms with Crippen molar-refractivity contribution in [3.63, 3.8) is 0 Å². The molecule has 6 heteroatoms. The molecule has 0 aromatic carbocycles. The minimum absolute atomic E-state index is 0. The Balaban J connectivity index is 0.00000180. The van der Waals surface area contributed by atoms with Crippen molar-refractivity contribution in [3.05, 3.63) is 0 Å². The van der Waals surface area contributed by atoms with Crippen LogP contribution in [0.2, 0.25) is 0 Å². The van der Waals surface area contributed by atoms with Crippen molar-refractivity contribution in [3.8, 4) is 0 Å². The van der Waals surface area contributed by atoms with Crippen LogP contribution < -0.4 is 10.6 Å². The molecule has 2 saturated heterocycles. The number of nitrogens with one attached hydrogen (secondary N) is 2. The summed E-state index contributed by atoms with van der Waals surface area (Å²) < 4.78 is 0. The average molecular weight is 290 g/mol. The number of amides is 2. The molecule has 0 aromatic rings. The Morgan fingerprint density at radius 3 is 2.79 bits per heavy atom. The standard InChI is InChI=1S/C13H23N3O2.ClH/c1-9-5-6-14-10(2)13(9)15-11(17)8-16-7-3-4-12(16)18;/h9-10,13-14H,3-8H2,1-2H3,(H,15,17);1H. The Hall–Kier alpha value is -0.810. The van der Waals surface area contributed by atoms with Gasteiger partial charge in [-0.05, 0) is 32.2 Å². The lowest BCUT2D eigenvalue weighted by Crippen LogP contribution is -2.57. The van der Waals surface area contributed by atoms with Crippen LogP contribution in [-0.2, 0) is 9.59 Å². The Bertz CT molecular complexity index is 328. The van der Waals surface area contributed by atoms with Gasteiger partial charge >= 0.3 is 0 Å². The number of piperidine rings is 1. The van der Waals surface area contributed by atoms with Crippen LogP contribution in [0.25, 0.3) is 0 Å². The highest BCUT2D eigenvalue weighted by atomic mass is 35.5. The summed E-state index contributed by atoms with van der Waals surface area (Å²) in [6.45, 7) is 6.22. The maximum atomic E-state index is 12.0. The fraction of sp³-hybridized carbons (Fsp3) is 0.846. The number of carbonyl (C=O) groups excluding carboxylic acids is 2. The first kappa shape index (κ1) is 16.2. The molecule has 0 aromatic heterocycles. The molecule has 3 unspecified atom stereocenters. The SMILES string of the molecule is CC1CCNC(C)C1NC(=O)CN1CCCC1=O.Cl. The highest BCUT2D eigenvalue weighted by Gasteiger charge is 2.30. The zero-order chi connectivity index (χ0) is 13.1. The zero-order valence-corrected chi connectivity index (χ0v) is 12.5. The fourth-order valence-corrected chi connectivity index (χ4v) is 2.88. The number of carbonyl (C=O) groups is 2. The molecule has 19 heavy (non-hydrogen) atoms. The first-order chi connectivity index (χ1) is 8.58. The van der Waals surface area contributed by atoms with E-state index in [2.05, 4.69) is 24.5 Å². The molecule has 0 radical (unpaired) electrons. The van der Waals surface area contributed by atoms with E-state index in [0.717, 1.165) is 25.9 Å². The van der Waals surface area contributed by atoms with Crippen LogP contribution in [0, 0.1) is 5.92 Å². The molecular formula is C13H24ClN3O2. The number of hydrogen-bond donors (Lipinski definition) is 2. The summed E-state index contributed by atoms with van der Waals surface area (Å²) in [6, 6.07) is 0.468. The van der Waals surface area contributed by atoms with Crippen LogP contribution >= 0.6 is 12.4 Å². The maximum absolute atomic E-state index is 12.0. The second-order valence-corrected chi connectivity index (χ2v) is 5.52. The van der Waals surface area contributed by atoms with Crippen molar-refractivity contribution in [1.29, 1.82) is 0 Å². The van der Waals surface area contributed by atoms with E-state index in [9.17, 15) is 9.59 Å². The van der Waals surface area contributed by atoms with Gasteiger partial charge in [-0.3, -0.25) is 9.59 Å². The van der Waals surface area contributed by atoms with Gasteiger partial charge in [-0.15, -0.1) is 12.4 Å². The molecule has 2 aliphatic heterocycles. The van der Waals surface area contributed by atoms with E-state index < -0.39 is 0 Å². The Morgan fingerprint density at radius 1 is 1.47 bits per heavy atom. The number of halogens is 1. The molecular weight excluding hydrogens is 266 g/mol. The summed E-state index contributed by atoms with van der Waals surface area (Å²) in [6.07, 6.45) is 2.55. The number of nitrogens with zero attached hydrogens (tertiary/aromatic N) is 1. The third-order valence-corrected chi connectivity index (χ3v) is 4.05. The largest absolute Gasteiger partial charge is 0.350 e. The topological polar surface area (TPSA) is 61.4 Å². The van der Waals surface area contributed by atoms with Gasteiger partial charge in [0.15, 0.2) is 0 Å². The monoisotopic (exact) mass is 289 g/mol. The van der Waals surface area contributed by atoms with E-state index >= 15 is 0 Å². The van der Waals surface area contributed by atoms with Gasteiger partial charge in [0, 0.05) is 25.0 Å². The van der Waals surface area contributed by atoms with Crippen LogP contribution in [0.5, 0.6) is 0 Å². The molecule has 2 rings (SSSR count). The Morgan fingerprint density at radius 2 is 2.21 bits per heavy atom. The second kappa shape index (κ2) is 7.10. The molecule has 0 aliphatic carbocycles. The molecule has 0 bridgehead atoms. The molecule has 110 valence electrons. The molecule has 2 fully saturated rings. The van der Waals surface area contributed by atoms with Crippen LogP contribution in [0.4, 0.5) is 0 Å². The van der Waals surface area contributed by atoms with Crippen LogP contribution in [0.15, 0.2) is 0 Å². The van der Waals surface area contributed by atoms with E-state index in [1.165, 1.54) is 0 Å². The van der Waals surface area contributed by atoms with E-state index in [-0.39, 0.29) is 36.8 Å². The predicted octanol–water partition coefficient (Wildman–Crippen LogP) is 0.533.